The fourth-order valence-corrected chi connectivity index (χ4v) is 1.66. The Hall–Kier alpha value is -2.62. The third kappa shape index (κ3) is 5.40. The molecule has 0 saturated heterocycles. The lowest BCUT2D eigenvalue weighted by atomic mass is 10.0. The molecular formula is C15H17FN2O4. The van der Waals surface area contributed by atoms with Gasteiger partial charge in [-0.3, -0.25) is 0 Å². The maximum absolute atomic E-state index is 13.5. The number of nitrogens with zero attached hydrogens (tertiary/aromatic N) is 1. The summed E-state index contributed by atoms with van der Waals surface area (Å²) in [6.45, 7) is 4.95. The molecule has 1 aromatic rings. The molecule has 7 heteroatoms. The number of nitriles is 1. The van der Waals surface area contributed by atoms with Crippen molar-refractivity contribution in [2.75, 3.05) is 0 Å². The maximum Gasteiger partial charge on any atom is 0.408 e. The summed E-state index contributed by atoms with van der Waals surface area (Å²) in [4.78, 5) is 22.8. The number of carboxylic acids is 1. The summed E-state index contributed by atoms with van der Waals surface area (Å²) in [5, 5.41) is 20.0. The van der Waals surface area contributed by atoms with E-state index in [-0.39, 0.29) is 12.0 Å². The highest BCUT2D eigenvalue weighted by Crippen LogP contribution is 2.12. The lowest BCUT2D eigenvalue weighted by molar-refractivity contribution is -0.139. The topological polar surface area (TPSA) is 99.4 Å². The van der Waals surface area contributed by atoms with Crippen LogP contribution in [0.25, 0.3) is 0 Å². The molecule has 2 N–H and O–H groups in total. The third-order valence-corrected chi connectivity index (χ3v) is 2.58. The molecule has 1 aromatic carbocycles. The molecule has 0 aliphatic carbocycles. The minimum absolute atomic E-state index is 0.128. The summed E-state index contributed by atoms with van der Waals surface area (Å²) in [5.41, 5.74) is -0.538. The van der Waals surface area contributed by atoms with E-state index in [1.807, 2.05) is 0 Å². The number of carbonyl (C=O) groups excluding carboxylic acids is 1. The van der Waals surface area contributed by atoms with Crippen molar-refractivity contribution in [3.8, 4) is 6.07 Å². The molecule has 0 aliphatic rings. The van der Waals surface area contributed by atoms with Gasteiger partial charge < -0.3 is 15.2 Å². The van der Waals surface area contributed by atoms with E-state index in [0.717, 1.165) is 6.07 Å². The highest BCUT2D eigenvalue weighted by Gasteiger charge is 2.24. The number of ether oxygens (including phenoxy) is 1. The van der Waals surface area contributed by atoms with Gasteiger partial charge in [-0.05, 0) is 38.5 Å². The molecule has 1 unspecified atom stereocenters. The molecular weight excluding hydrogens is 291 g/mol. The zero-order chi connectivity index (χ0) is 16.9. The summed E-state index contributed by atoms with van der Waals surface area (Å²) < 4.78 is 18.5. The summed E-state index contributed by atoms with van der Waals surface area (Å²) in [5.74, 6) is -2.00. The van der Waals surface area contributed by atoms with E-state index in [2.05, 4.69) is 5.32 Å². The Morgan fingerprint density at radius 1 is 1.45 bits per heavy atom. The first kappa shape index (κ1) is 17.4. The molecule has 1 atom stereocenters. The number of nitrogens with one attached hydrogen (secondary N) is 1. The molecule has 0 saturated carbocycles. The predicted molar refractivity (Wildman–Crippen MR) is 75.6 cm³/mol. The second-order valence-corrected chi connectivity index (χ2v) is 5.67. The second kappa shape index (κ2) is 6.89. The summed E-state index contributed by atoms with van der Waals surface area (Å²) in [6, 6.07) is 4.19. The van der Waals surface area contributed by atoms with Gasteiger partial charge in [0.05, 0.1) is 5.56 Å². The van der Waals surface area contributed by atoms with Crippen LogP contribution in [0.4, 0.5) is 9.18 Å². The zero-order valence-corrected chi connectivity index (χ0v) is 12.5. The Morgan fingerprint density at radius 2 is 2.09 bits per heavy atom. The van der Waals surface area contributed by atoms with Gasteiger partial charge in [0.1, 0.15) is 23.5 Å². The molecule has 1 amide bonds. The Labute approximate surface area is 127 Å². The van der Waals surface area contributed by atoms with Crippen LogP contribution in [0.3, 0.4) is 0 Å². The molecule has 0 radical (unpaired) electrons. The van der Waals surface area contributed by atoms with Crippen molar-refractivity contribution >= 4 is 12.1 Å². The van der Waals surface area contributed by atoms with Crippen molar-refractivity contribution in [3.05, 3.63) is 35.1 Å². The van der Waals surface area contributed by atoms with Crippen LogP contribution in [0, 0.1) is 17.1 Å². The lowest BCUT2D eigenvalue weighted by Gasteiger charge is -2.22. The summed E-state index contributed by atoms with van der Waals surface area (Å²) >= 11 is 0. The van der Waals surface area contributed by atoms with Crippen LogP contribution < -0.4 is 5.32 Å². The van der Waals surface area contributed by atoms with Crippen molar-refractivity contribution in [2.24, 2.45) is 0 Å². The number of hydrogen-bond donors (Lipinski definition) is 2. The largest absolute Gasteiger partial charge is 0.480 e. The fraction of sp³-hybridized carbons (Fsp3) is 0.400. The Morgan fingerprint density at radius 3 is 2.55 bits per heavy atom. The molecule has 118 valence electrons. The number of rotatable bonds is 4. The van der Waals surface area contributed by atoms with Crippen molar-refractivity contribution in [1.82, 2.24) is 5.32 Å². The van der Waals surface area contributed by atoms with Crippen LogP contribution in [0.1, 0.15) is 31.9 Å². The smallest absolute Gasteiger partial charge is 0.408 e. The van der Waals surface area contributed by atoms with Crippen molar-refractivity contribution < 1.29 is 23.8 Å². The monoisotopic (exact) mass is 308 g/mol. The Bertz CT molecular complexity index is 617. The number of halogens is 1. The van der Waals surface area contributed by atoms with E-state index in [1.54, 1.807) is 26.8 Å². The molecule has 0 aromatic heterocycles. The molecule has 0 spiro atoms. The van der Waals surface area contributed by atoms with E-state index in [0.29, 0.717) is 5.56 Å². The predicted octanol–water partition coefficient (Wildman–Crippen LogP) is 2.22. The van der Waals surface area contributed by atoms with Gasteiger partial charge in [-0.25, -0.2) is 14.0 Å². The third-order valence-electron chi connectivity index (χ3n) is 2.58. The number of carbonyl (C=O) groups is 2. The van der Waals surface area contributed by atoms with Gasteiger partial charge in [0.2, 0.25) is 0 Å². The number of alkyl carbamates (subject to hydrolysis) is 1. The average molecular weight is 308 g/mol. The first-order chi connectivity index (χ1) is 10.1. The number of hydrogen-bond acceptors (Lipinski definition) is 4. The lowest BCUT2D eigenvalue weighted by Crippen LogP contribution is -2.44. The number of carboxylic acid groups (broad SMARTS) is 1. The Balaban J connectivity index is 2.81. The van der Waals surface area contributed by atoms with Crippen LogP contribution in [0.5, 0.6) is 0 Å². The first-order valence-corrected chi connectivity index (χ1v) is 6.53. The molecule has 0 bridgehead atoms. The van der Waals surface area contributed by atoms with Crippen molar-refractivity contribution in [1.29, 1.82) is 5.26 Å². The average Bonchev–Trinajstić information content (AvgIpc) is 2.35. The standard InChI is InChI=1S/C15H17FN2O4/c1-15(2,3)22-14(21)18-12(13(19)20)7-9-4-5-10(8-17)11(16)6-9/h4-6,12H,7H2,1-3H3,(H,18,21)(H,19,20). The first-order valence-electron chi connectivity index (χ1n) is 6.53. The minimum atomic E-state index is -1.27. The van der Waals surface area contributed by atoms with Crippen LogP contribution in [0.15, 0.2) is 18.2 Å². The number of amides is 1. The zero-order valence-electron chi connectivity index (χ0n) is 12.5. The van der Waals surface area contributed by atoms with Gasteiger partial charge in [0, 0.05) is 6.42 Å². The van der Waals surface area contributed by atoms with Gasteiger partial charge in [-0.15, -0.1) is 0 Å². The second-order valence-electron chi connectivity index (χ2n) is 5.67. The van der Waals surface area contributed by atoms with Crippen molar-refractivity contribution in [2.45, 2.75) is 38.8 Å². The molecule has 1 rings (SSSR count). The SMILES string of the molecule is CC(C)(C)OC(=O)NC(Cc1ccc(C#N)c(F)c1)C(=O)O. The van der Waals surface area contributed by atoms with E-state index in [9.17, 15) is 14.0 Å². The van der Waals surface area contributed by atoms with Crippen LogP contribution in [-0.4, -0.2) is 28.8 Å². The quantitative estimate of drug-likeness (QED) is 0.888. The van der Waals surface area contributed by atoms with Crippen LogP contribution in [-0.2, 0) is 16.0 Å². The number of benzene rings is 1. The Kier molecular flexibility index (Phi) is 5.46. The van der Waals surface area contributed by atoms with E-state index < -0.39 is 29.5 Å². The molecule has 6 nitrogen and oxygen atoms in total. The van der Waals surface area contributed by atoms with E-state index in [4.69, 9.17) is 15.1 Å². The highest BCUT2D eigenvalue weighted by atomic mass is 19.1. The minimum Gasteiger partial charge on any atom is -0.480 e. The maximum atomic E-state index is 13.5. The molecule has 0 aliphatic heterocycles. The van der Waals surface area contributed by atoms with Gasteiger partial charge in [0.15, 0.2) is 0 Å². The summed E-state index contributed by atoms with van der Waals surface area (Å²) in [6.07, 6.45) is -0.994. The summed E-state index contributed by atoms with van der Waals surface area (Å²) in [7, 11) is 0. The molecule has 0 fully saturated rings. The molecule has 22 heavy (non-hydrogen) atoms. The van der Waals surface area contributed by atoms with Gasteiger partial charge in [-0.2, -0.15) is 5.26 Å². The van der Waals surface area contributed by atoms with Crippen molar-refractivity contribution in [3.63, 3.8) is 0 Å². The van der Waals surface area contributed by atoms with Crippen LogP contribution >= 0.6 is 0 Å². The highest BCUT2D eigenvalue weighted by molar-refractivity contribution is 5.80. The van der Waals surface area contributed by atoms with Gasteiger partial charge in [0.25, 0.3) is 0 Å². The van der Waals surface area contributed by atoms with Gasteiger partial charge in [-0.1, -0.05) is 6.07 Å². The number of aliphatic carboxylic acids is 1. The van der Waals surface area contributed by atoms with Gasteiger partial charge >= 0.3 is 12.1 Å². The van der Waals surface area contributed by atoms with Crippen LogP contribution in [0.2, 0.25) is 0 Å². The van der Waals surface area contributed by atoms with E-state index >= 15 is 0 Å². The normalized spacial score (nSPS) is 12.1. The fourth-order valence-electron chi connectivity index (χ4n) is 1.66. The molecule has 0 heterocycles. The van der Waals surface area contributed by atoms with E-state index in [1.165, 1.54) is 12.1 Å².